The molecule has 1 amide bonds. The predicted molar refractivity (Wildman–Crippen MR) is 101 cm³/mol. The van der Waals surface area contributed by atoms with Crippen LogP contribution in [-0.4, -0.2) is 97.7 Å². The van der Waals surface area contributed by atoms with Crippen molar-refractivity contribution < 1.29 is 9.53 Å². The van der Waals surface area contributed by atoms with Gasteiger partial charge in [-0.3, -0.25) is 14.7 Å². The maximum absolute atomic E-state index is 11.4. The maximum atomic E-state index is 11.4. The summed E-state index contributed by atoms with van der Waals surface area (Å²) in [5.74, 6) is 2.67. The first-order valence-electron chi connectivity index (χ1n) is 10.3. The lowest BCUT2D eigenvalue weighted by molar-refractivity contribution is -0.130. The van der Waals surface area contributed by atoms with Crippen molar-refractivity contribution in [2.45, 2.75) is 38.9 Å². The van der Waals surface area contributed by atoms with E-state index in [0.29, 0.717) is 24.0 Å². The number of nitrogens with zero attached hydrogens (tertiary/aromatic N) is 4. The predicted octanol–water partition coefficient (Wildman–Crippen LogP) is 0.225. The van der Waals surface area contributed by atoms with Crippen molar-refractivity contribution in [1.29, 1.82) is 0 Å². The molecule has 26 heavy (non-hydrogen) atoms. The van der Waals surface area contributed by atoms with Gasteiger partial charge in [0.15, 0.2) is 5.96 Å². The quantitative estimate of drug-likeness (QED) is 0.572. The molecule has 0 aromatic carbocycles. The number of carbonyl (C=O) groups excluding carboxylic acids is 1. The summed E-state index contributed by atoms with van der Waals surface area (Å²) in [4.78, 5) is 23.1. The van der Waals surface area contributed by atoms with Gasteiger partial charge >= 0.3 is 0 Å². The zero-order valence-corrected chi connectivity index (χ0v) is 16.2. The van der Waals surface area contributed by atoms with Gasteiger partial charge in [-0.25, -0.2) is 0 Å². The van der Waals surface area contributed by atoms with Crippen LogP contribution in [0.5, 0.6) is 0 Å². The molecular formula is C19H33N5O2. The van der Waals surface area contributed by atoms with Crippen molar-refractivity contribution in [3.63, 3.8) is 0 Å². The number of nitrogens with one attached hydrogen (secondary N) is 1. The van der Waals surface area contributed by atoms with Crippen LogP contribution >= 0.6 is 0 Å². The first-order valence-corrected chi connectivity index (χ1v) is 10.3. The van der Waals surface area contributed by atoms with Gasteiger partial charge in [-0.05, 0) is 19.8 Å². The number of carbonyl (C=O) groups is 1. The summed E-state index contributed by atoms with van der Waals surface area (Å²) in [7, 11) is 0. The van der Waals surface area contributed by atoms with E-state index in [2.05, 4.69) is 22.0 Å². The Labute approximate surface area is 156 Å². The average Bonchev–Trinajstić information content (AvgIpc) is 3.34. The smallest absolute Gasteiger partial charge is 0.219 e. The van der Waals surface area contributed by atoms with Gasteiger partial charge in [0.2, 0.25) is 5.91 Å². The van der Waals surface area contributed by atoms with E-state index < -0.39 is 0 Å². The van der Waals surface area contributed by atoms with E-state index in [1.54, 1.807) is 6.92 Å². The van der Waals surface area contributed by atoms with Gasteiger partial charge < -0.3 is 19.9 Å². The number of fused-ring (bicyclic) bond motifs is 5. The highest BCUT2D eigenvalue weighted by atomic mass is 16.5. The second-order valence-corrected chi connectivity index (χ2v) is 8.11. The van der Waals surface area contributed by atoms with Crippen molar-refractivity contribution in [1.82, 2.24) is 20.0 Å². The lowest BCUT2D eigenvalue weighted by Gasteiger charge is -2.33. The lowest BCUT2D eigenvalue weighted by Crippen LogP contribution is -2.48. The Morgan fingerprint density at radius 1 is 1.08 bits per heavy atom. The van der Waals surface area contributed by atoms with E-state index in [0.717, 1.165) is 64.9 Å². The number of hydrogen-bond donors (Lipinski definition) is 1. The summed E-state index contributed by atoms with van der Waals surface area (Å²) in [6.45, 7) is 12.3. The first kappa shape index (κ1) is 18.0. The number of rotatable bonds is 4. The fourth-order valence-electron chi connectivity index (χ4n) is 5.14. The fraction of sp³-hybridized carbons (Fsp3) is 0.895. The van der Waals surface area contributed by atoms with Crippen LogP contribution in [0.4, 0.5) is 0 Å². The van der Waals surface area contributed by atoms with E-state index in [9.17, 15) is 4.79 Å². The molecule has 4 saturated heterocycles. The molecule has 0 aromatic rings. The van der Waals surface area contributed by atoms with Gasteiger partial charge in [-0.2, -0.15) is 0 Å². The Morgan fingerprint density at radius 2 is 1.73 bits per heavy atom. The number of piperazine rings is 1. The molecule has 4 aliphatic heterocycles. The molecule has 0 saturated carbocycles. The monoisotopic (exact) mass is 363 g/mol. The molecule has 4 fully saturated rings. The van der Waals surface area contributed by atoms with Crippen LogP contribution in [0.25, 0.3) is 0 Å². The third-order valence-electron chi connectivity index (χ3n) is 6.58. The minimum Gasteiger partial charge on any atom is -0.374 e. The topological polar surface area (TPSA) is 60.4 Å². The number of likely N-dealkylation sites (tertiary alicyclic amines) is 1. The number of amides is 1. The summed E-state index contributed by atoms with van der Waals surface area (Å²) in [6.07, 6.45) is 3.49. The second kappa shape index (κ2) is 7.72. The van der Waals surface area contributed by atoms with Crippen LogP contribution in [0.1, 0.15) is 26.7 Å². The summed E-state index contributed by atoms with van der Waals surface area (Å²) in [6, 6.07) is 0. The van der Waals surface area contributed by atoms with Crippen LogP contribution in [0, 0.1) is 11.8 Å². The Kier molecular flexibility index (Phi) is 5.36. The summed E-state index contributed by atoms with van der Waals surface area (Å²) < 4.78 is 6.09. The third kappa shape index (κ3) is 3.56. The number of aliphatic imine (C=N–C) groups is 1. The van der Waals surface area contributed by atoms with E-state index in [1.807, 2.05) is 4.90 Å². The van der Waals surface area contributed by atoms with E-state index in [1.165, 1.54) is 12.8 Å². The molecule has 2 bridgehead atoms. The molecule has 4 atom stereocenters. The van der Waals surface area contributed by atoms with Crippen molar-refractivity contribution in [3.8, 4) is 0 Å². The molecule has 4 aliphatic rings. The number of guanidine groups is 1. The molecule has 4 heterocycles. The molecule has 0 radical (unpaired) electrons. The van der Waals surface area contributed by atoms with E-state index >= 15 is 0 Å². The van der Waals surface area contributed by atoms with Gasteiger partial charge in [0.25, 0.3) is 0 Å². The zero-order valence-electron chi connectivity index (χ0n) is 16.2. The largest absolute Gasteiger partial charge is 0.374 e. The van der Waals surface area contributed by atoms with Crippen LogP contribution < -0.4 is 5.32 Å². The van der Waals surface area contributed by atoms with Crippen molar-refractivity contribution >= 4 is 11.9 Å². The van der Waals surface area contributed by atoms with Gasteiger partial charge in [0.1, 0.15) is 0 Å². The minimum atomic E-state index is 0.189. The molecule has 0 aromatic heterocycles. The molecule has 7 heteroatoms. The van der Waals surface area contributed by atoms with Crippen molar-refractivity contribution in [2.24, 2.45) is 16.8 Å². The lowest BCUT2D eigenvalue weighted by atomic mass is 9.82. The van der Waals surface area contributed by atoms with E-state index in [4.69, 9.17) is 9.73 Å². The molecule has 0 aliphatic carbocycles. The Bertz CT molecular complexity index is 528. The first-order chi connectivity index (χ1) is 12.7. The Hall–Kier alpha value is -1.34. The molecule has 1 N–H and O–H groups in total. The third-order valence-corrected chi connectivity index (χ3v) is 6.58. The minimum absolute atomic E-state index is 0.189. The highest BCUT2D eigenvalue weighted by molar-refractivity contribution is 5.80. The Balaban J connectivity index is 1.28. The molecule has 7 nitrogen and oxygen atoms in total. The second-order valence-electron chi connectivity index (χ2n) is 8.11. The SMILES string of the molecule is CCNC(=NCCN1CCN(C(C)=O)CC1)N1CC2C3CCC(O3)C2C1. The molecule has 4 rings (SSSR count). The van der Waals surface area contributed by atoms with Crippen molar-refractivity contribution in [2.75, 3.05) is 58.9 Å². The summed E-state index contributed by atoms with van der Waals surface area (Å²) in [5, 5.41) is 3.49. The highest BCUT2D eigenvalue weighted by Crippen LogP contribution is 2.47. The molecular weight excluding hydrogens is 330 g/mol. The van der Waals surface area contributed by atoms with Crippen LogP contribution in [0.2, 0.25) is 0 Å². The van der Waals surface area contributed by atoms with Crippen LogP contribution in [0.15, 0.2) is 4.99 Å². The zero-order chi connectivity index (χ0) is 18.1. The summed E-state index contributed by atoms with van der Waals surface area (Å²) >= 11 is 0. The molecule has 0 spiro atoms. The van der Waals surface area contributed by atoms with Gasteiger partial charge in [0, 0.05) is 71.1 Å². The standard InChI is InChI=1S/C19H33N5O2/c1-3-20-19(21-6-7-22-8-10-23(11-9-22)14(2)25)24-12-15-16(13-24)18-5-4-17(15)26-18/h15-18H,3-13H2,1-2H3,(H,20,21). The fourth-order valence-corrected chi connectivity index (χ4v) is 5.14. The number of ether oxygens (including phenoxy) is 1. The van der Waals surface area contributed by atoms with Crippen molar-refractivity contribution in [3.05, 3.63) is 0 Å². The van der Waals surface area contributed by atoms with E-state index in [-0.39, 0.29) is 5.91 Å². The Morgan fingerprint density at radius 3 is 2.31 bits per heavy atom. The number of hydrogen-bond acceptors (Lipinski definition) is 4. The van der Waals surface area contributed by atoms with Crippen LogP contribution in [0.3, 0.4) is 0 Å². The summed E-state index contributed by atoms with van der Waals surface area (Å²) in [5.41, 5.74) is 0. The van der Waals surface area contributed by atoms with Gasteiger partial charge in [-0.15, -0.1) is 0 Å². The van der Waals surface area contributed by atoms with Gasteiger partial charge in [0.05, 0.1) is 18.8 Å². The molecule has 146 valence electrons. The average molecular weight is 364 g/mol. The van der Waals surface area contributed by atoms with Gasteiger partial charge in [-0.1, -0.05) is 0 Å². The van der Waals surface area contributed by atoms with Crippen LogP contribution in [-0.2, 0) is 9.53 Å². The molecule has 4 unspecified atom stereocenters. The normalized spacial score (nSPS) is 34.5. The highest BCUT2D eigenvalue weighted by Gasteiger charge is 2.53. The maximum Gasteiger partial charge on any atom is 0.219 e.